The van der Waals surface area contributed by atoms with Crippen LogP contribution in [0, 0.1) is 0 Å². The van der Waals surface area contributed by atoms with Crippen LogP contribution in [-0.4, -0.2) is 16.1 Å². The van der Waals surface area contributed by atoms with E-state index >= 15 is 0 Å². The van der Waals surface area contributed by atoms with Crippen molar-refractivity contribution in [3.8, 4) is 0 Å². The summed E-state index contributed by atoms with van der Waals surface area (Å²) in [7, 11) is -2.68. The van der Waals surface area contributed by atoms with Crippen molar-refractivity contribution < 1.29 is 0 Å². The smallest absolute Gasteiger partial charge is 0.0649 e. The summed E-state index contributed by atoms with van der Waals surface area (Å²) in [6, 6.07) is 9.69. The lowest BCUT2D eigenvalue weighted by molar-refractivity contribution is 0.539. The fraction of sp³-hybridized carbons (Fsp3) is 0.846. The van der Waals surface area contributed by atoms with Crippen molar-refractivity contribution in [3.63, 3.8) is 0 Å². The molecular weight excluding hydrogens is 681 g/mol. The molecule has 5 aliphatic rings. The zero-order valence-electron chi connectivity index (χ0n) is 36.5. The van der Waals surface area contributed by atoms with Gasteiger partial charge in [-0.05, 0) is 11.1 Å². The van der Waals surface area contributed by atoms with Crippen molar-refractivity contribution in [2.75, 3.05) is 0 Å². The molecule has 3 saturated heterocycles. The molecule has 2 heteroatoms. The summed E-state index contributed by atoms with van der Waals surface area (Å²) in [5.74, 6) is 0. The van der Waals surface area contributed by atoms with Gasteiger partial charge in [0, 0.05) is 0 Å². The van der Waals surface area contributed by atoms with Crippen LogP contribution in [0.15, 0.2) is 48.6 Å². The first-order valence-electron chi connectivity index (χ1n) is 25.5. The normalized spacial score (nSPS) is 30.1. The molecule has 0 nitrogen and oxygen atoms in total. The van der Waals surface area contributed by atoms with E-state index in [9.17, 15) is 0 Å². The minimum Gasteiger partial charge on any atom is -0.0803 e. The molecule has 310 valence electrons. The first-order chi connectivity index (χ1) is 26.8. The fourth-order valence-electron chi connectivity index (χ4n) is 11.6. The Morgan fingerprint density at radius 2 is 0.315 bits per heavy atom. The molecule has 0 unspecified atom stereocenters. The van der Waals surface area contributed by atoms with Gasteiger partial charge in [-0.15, -0.1) is 0 Å². The van der Waals surface area contributed by atoms with Gasteiger partial charge in [0.1, 0.15) is 0 Å². The van der Waals surface area contributed by atoms with Gasteiger partial charge in [0.2, 0.25) is 0 Å². The molecule has 5 rings (SSSR count). The molecule has 0 aromatic rings. The third-order valence-electron chi connectivity index (χ3n) is 15.2. The van der Waals surface area contributed by atoms with Crippen molar-refractivity contribution in [1.29, 1.82) is 0 Å². The van der Waals surface area contributed by atoms with Gasteiger partial charge in [0.25, 0.3) is 0 Å². The Bertz CT molecular complexity index is 818. The zero-order chi connectivity index (χ0) is 37.5. The van der Waals surface area contributed by atoms with Gasteiger partial charge in [-0.2, -0.15) is 0 Å². The minimum absolute atomic E-state index is 0.840. The van der Waals surface area contributed by atoms with Crippen molar-refractivity contribution in [2.45, 2.75) is 278 Å². The maximum atomic E-state index is 2.66. The predicted molar refractivity (Wildman–Crippen MR) is 251 cm³/mol. The van der Waals surface area contributed by atoms with Gasteiger partial charge in [0.05, 0.1) is 16.1 Å². The molecule has 0 radical (unpaired) electrons. The van der Waals surface area contributed by atoms with E-state index in [1.165, 1.54) is 231 Å². The number of allylic oxidation sites excluding steroid dienone is 8. The highest BCUT2D eigenvalue weighted by Crippen LogP contribution is 2.44. The molecule has 0 aromatic carbocycles. The van der Waals surface area contributed by atoms with Crippen LogP contribution in [0.4, 0.5) is 0 Å². The first kappa shape index (κ1) is 46.1. The van der Waals surface area contributed by atoms with Crippen LogP contribution in [0.5, 0.6) is 0 Å². The highest BCUT2D eigenvalue weighted by Gasteiger charge is 2.38. The Hall–Kier alpha value is -0.606. The van der Waals surface area contributed by atoms with Gasteiger partial charge >= 0.3 is 0 Å². The second-order valence-electron chi connectivity index (χ2n) is 19.5. The van der Waals surface area contributed by atoms with Crippen LogP contribution in [0.1, 0.15) is 231 Å². The van der Waals surface area contributed by atoms with Crippen molar-refractivity contribution in [3.05, 3.63) is 48.6 Å². The quantitative estimate of drug-likeness (QED) is 0.245. The van der Waals surface area contributed by atoms with Crippen LogP contribution in [-0.2, 0) is 0 Å². The van der Waals surface area contributed by atoms with E-state index in [1.54, 1.807) is 36.3 Å². The lowest BCUT2D eigenvalue weighted by Gasteiger charge is -2.37. The SMILES string of the molecule is C1=CC([Si]23CCCCCCCCCCCCCC[Si](C4C=CC=C4)(CCCCCCCCCCCCCC2)CCCCCCCCCCCCCC3)C=C1. The average molecular weight is 775 g/mol. The van der Waals surface area contributed by atoms with Gasteiger partial charge in [0.15, 0.2) is 0 Å². The highest BCUT2D eigenvalue weighted by atomic mass is 28.3. The van der Waals surface area contributed by atoms with E-state index in [0.717, 1.165) is 11.1 Å². The summed E-state index contributed by atoms with van der Waals surface area (Å²) < 4.78 is 0. The maximum absolute atomic E-state index is 2.66. The monoisotopic (exact) mass is 775 g/mol. The second-order valence-corrected chi connectivity index (χ2v) is 29.3. The molecule has 3 heterocycles. The number of rotatable bonds is 2. The third-order valence-corrected chi connectivity index (χ3v) is 26.9. The Labute approximate surface area is 341 Å². The molecule has 0 spiro atoms. The summed E-state index contributed by atoms with van der Waals surface area (Å²) in [6.07, 6.45) is 74.4. The molecular formula is C52H94Si2. The van der Waals surface area contributed by atoms with Crippen LogP contribution in [0.25, 0.3) is 0 Å². The van der Waals surface area contributed by atoms with Crippen LogP contribution in [0.2, 0.25) is 47.3 Å². The molecule has 0 aromatic heterocycles. The molecule has 3 fully saturated rings. The summed E-state index contributed by atoms with van der Waals surface area (Å²) >= 11 is 0. The minimum atomic E-state index is -1.34. The van der Waals surface area contributed by atoms with E-state index in [2.05, 4.69) is 48.6 Å². The molecule has 0 N–H and O–H groups in total. The largest absolute Gasteiger partial charge is 0.0803 e. The highest BCUT2D eigenvalue weighted by molar-refractivity contribution is 6.82. The van der Waals surface area contributed by atoms with Crippen LogP contribution in [0.3, 0.4) is 0 Å². The van der Waals surface area contributed by atoms with Gasteiger partial charge in [-0.1, -0.05) is 316 Å². The number of hydrogen-bond donors (Lipinski definition) is 0. The average Bonchev–Trinajstić information content (AvgIpc) is 3.94. The van der Waals surface area contributed by atoms with Gasteiger partial charge in [-0.3, -0.25) is 0 Å². The predicted octanol–water partition coefficient (Wildman–Crippen LogP) is 18.9. The van der Waals surface area contributed by atoms with E-state index in [0.29, 0.717) is 0 Å². The van der Waals surface area contributed by atoms with Gasteiger partial charge in [-0.25, -0.2) is 0 Å². The zero-order valence-corrected chi connectivity index (χ0v) is 38.5. The summed E-state index contributed by atoms with van der Waals surface area (Å²) in [5.41, 5.74) is 1.68. The number of fused-ring (bicyclic) bond motifs is 39. The van der Waals surface area contributed by atoms with Crippen molar-refractivity contribution >= 4 is 16.1 Å². The topological polar surface area (TPSA) is 0 Å². The second kappa shape index (κ2) is 30.5. The Kier molecular flexibility index (Phi) is 26.0. The van der Waals surface area contributed by atoms with E-state index in [4.69, 9.17) is 0 Å². The molecule has 54 heavy (non-hydrogen) atoms. The summed E-state index contributed by atoms with van der Waals surface area (Å²) in [4.78, 5) is 0. The van der Waals surface area contributed by atoms with Crippen molar-refractivity contribution in [1.82, 2.24) is 0 Å². The molecule has 3 aliphatic heterocycles. The maximum Gasteiger partial charge on any atom is 0.0649 e. The first-order valence-corrected chi connectivity index (χ1v) is 30.9. The van der Waals surface area contributed by atoms with E-state index in [1.807, 2.05) is 0 Å². The number of hydrogen-bond acceptors (Lipinski definition) is 0. The molecule has 2 bridgehead atoms. The van der Waals surface area contributed by atoms with Crippen LogP contribution < -0.4 is 0 Å². The molecule has 0 saturated carbocycles. The van der Waals surface area contributed by atoms with Crippen molar-refractivity contribution in [2.24, 2.45) is 0 Å². The Balaban J connectivity index is 1.38. The molecule has 0 atom stereocenters. The van der Waals surface area contributed by atoms with E-state index < -0.39 is 16.1 Å². The third kappa shape index (κ3) is 19.2. The van der Waals surface area contributed by atoms with Gasteiger partial charge < -0.3 is 0 Å². The Morgan fingerprint density at radius 3 is 0.463 bits per heavy atom. The lowest BCUT2D eigenvalue weighted by atomic mass is 10.1. The summed E-state index contributed by atoms with van der Waals surface area (Å²) in [6.45, 7) is 0. The fourth-order valence-corrected chi connectivity index (χ4v) is 22.9. The molecule has 0 amide bonds. The Morgan fingerprint density at radius 1 is 0.185 bits per heavy atom. The van der Waals surface area contributed by atoms with E-state index in [-0.39, 0.29) is 0 Å². The molecule has 2 aliphatic carbocycles. The van der Waals surface area contributed by atoms with Crippen LogP contribution >= 0.6 is 0 Å². The lowest BCUT2D eigenvalue weighted by Crippen LogP contribution is -2.38. The standard InChI is InChI=1S/C52H94Si2/c1-2-8-14-20-26-36-46-54(52-43-33-34-44-52)49-39-29-23-17-11-5-3-9-15-21-27-37-47-53(51-41-31-32-42-51,45-35-25-19-13-7-1)48-38-28-22-16-10-4-6-12-18-24-30-40-50-54/h31-34,41-44,51-52H,1-30,35-40,45-50H2. The summed E-state index contributed by atoms with van der Waals surface area (Å²) in [5, 5.41) is 0.